The molecule has 0 fully saturated rings. The second-order valence-corrected chi connectivity index (χ2v) is 7.50. The minimum absolute atomic E-state index is 0.000611. The standard InChI is InChI=1S/C17H14BrClF3N3O3/c1-7(2)12-9(18)6-23-16(25-12)28-13-8-3-4-27-14(8)11(5-10(13)19)24-15(26)17(20,21)22/h5-7H,3-4H2,1-2H3,(H,24,26). The van der Waals surface area contributed by atoms with Crippen LogP contribution in [0.5, 0.6) is 17.5 Å². The maximum atomic E-state index is 12.6. The summed E-state index contributed by atoms with van der Waals surface area (Å²) in [5.41, 5.74) is 0.984. The average Bonchev–Trinajstić information content (AvgIpc) is 3.08. The zero-order valence-electron chi connectivity index (χ0n) is 14.7. The van der Waals surface area contributed by atoms with Gasteiger partial charge in [0.15, 0.2) is 5.75 Å². The van der Waals surface area contributed by atoms with Crippen LogP contribution in [-0.2, 0) is 11.2 Å². The van der Waals surface area contributed by atoms with E-state index >= 15 is 0 Å². The predicted octanol–water partition coefficient (Wildman–Crippen LogP) is 5.24. The summed E-state index contributed by atoms with van der Waals surface area (Å²) in [6, 6.07) is 1.18. The van der Waals surface area contributed by atoms with Gasteiger partial charge in [0.25, 0.3) is 0 Å². The van der Waals surface area contributed by atoms with Gasteiger partial charge in [-0.15, -0.1) is 0 Å². The van der Waals surface area contributed by atoms with E-state index in [4.69, 9.17) is 21.1 Å². The molecule has 1 aliphatic heterocycles. The number of halogens is 5. The fourth-order valence-electron chi connectivity index (χ4n) is 2.62. The van der Waals surface area contributed by atoms with Crippen LogP contribution in [0, 0.1) is 0 Å². The minimum Gasteiger partial charge on any atom is -0.491 e. The van der Waals surface area contributed by atoms with Crippen LogP contribution in [0.1, 0.15) is 31.0 Å². The molecule has 0 radical (unpaired) electrons. The van der Waals surface area contributed by atoms with Crippen LogP contribution in [-0.4, -0.2) is 28.7 Å². The highest BCUT2D eigenvalue weighted by Crippen LogP contribution is 2.46. The molecule has 1 aromatic carbocycles. The van der Waals surface area contributed by atoms with Gasteiger partial charge < -0.3 is 14.8 Å². The summed E-state index contributed by atoms with van der Waals surface area (Å²) < 4.78 is 49.5. The number of alkyl halides is 3. The summed E-state index contributed by atoms with van der Waals surface area (Å²) in [5, 5.41) is 1.78. The predicted molar refractivity (Wildman–Crippen MR) is 99.2 cm³/mol. The molecule has 0 spiro atoms. The number of anilines is 1. The molecular formula is C17H14BrClF3N3O3. The maximum absolute atomic E-state index is 12.6. The van der Waals surface area contributed by atoms with Crippen LogP contribution >= 0.6 is 27.5 Å². The molecule has 1 aromatic heterocycles. The van der Waals surface area contributed by atoms with Gasteiger partial charge in [-0.3, -0.25) is 4.79 Å². The minimum atomic E-state index is -5.04. The molecule has 0 bridgehead atoms. The van der Waals surface area contributed by atoms with E-state index in [1.54, 1.807) is 11.5 Å². The molecule has 2 heterocycles. The Morgan fingerprint density at radius 2 is 2.14 bits per heavy atom. The van der Waals surface area contributed by atoms with E-state index < -0.39 is 12.1 Å². The number of hydrogen-bond acceptors (Lipinski definition) is 5. The lowest BCUT2D eigenvalue weighted by Gasteiger charge is -2.16. The number of nitrogens with zero attached hydrogens (tertiary/aromatic N) is 2. The van der Waals surface area contributed by atoms with E-state index in [2.05, 4.69) is 25.9 Å². The Bertz CT molecular complexity index is 938. The lowest BCUT2D eigenvalue weighted by molar-refractivity contribution is -0.167. The number of nitrogens with one attached hydrogen (secondary N) is 1. The number of benzene rings is 1. The van der Waals surface area contributed by atoms with Crippen LogP contribution in [0.3, 0.4) is 0 Å². The summed E-state index contributed by atoms with van der Waals surface area (Å²) in [4.78, 5) is 19.7. The second-order valence-electron chi connectivity index (χ2n) is 6.24. The number of hydrogen-bond donors (Lipinski definition) is 1. The summed E-state index contributed by atoms with van der Waals surface area (Å²) in [6.45, 7) is 4.11. The first kappa shape index (κ1) is 20.7. The fraction of sp³-hybridized carbons (Fsp3) is 0.353. The van der Waals surface area contributed by atoms with Crippen LogP contribution < -0.4 is 14.8 Å². The SMILES string of the molecule is CC(C)c1nc(Oc2c(Cl)cc(NC(=O)C(F)(F)F)c3c2CCO3)ncc1Br. The number of carbonyl (C=O) groups is 1. The number of ether oxygens (including phenoxy) is 2. The van der Waals surface area contributed by atoms with Crippen LogP contribution in [0.4, 0.5) is 18.9 Å². The van der Waals surface area contributed by atoms with Crippen molar-refractivity contribution in [3.8, 4) is 17.5 Å². The summed E-state index contributed by atoms with van der Waals surface area (Å²) in [6.07, 6.45) is -3.15. The van der Waals surface area contributed by atoms with Gasteiger partial charge in [0.1, 0.15) is 5.75 Å². The zero-order chi connectivity index (χ0) is 20.6. The molecule has 0 saturated heterocycles. The number of carbonyl (C=O) groups excluding carboxylic acids is 1. The third-order valence-corrected chi connectivity index (χ3v) is 4.77. The lowest BCUT2D eigenvalue weighted by atomic mass is 10.1. The Morgan fingerprint density at radius 3 is 2.79 bits per heavy atom. The Labute approximate surface area is 171 Å². The highest BCUT2D eigenvalue weighted by atomic mass is 79.9. The number of amides is 1. The van der Waals surface area contributed by atoms with Crippen molar-refractivity contribution in [3.05, 3.63) is 33.0 Å². The molecule has 150 valence electrons. The molecule has 0 atom stereocenters. The normalized spacial score (nSPS) is 13.3. The van der Waals surface area contributed by atoms with Crippen molar-refractivity contribution < 1.29 is 27.4 Å². The van der Waals surface area contributed by atoms with E-state index in [1.165, 1.54) is 0 Å². The summed E-state index contributed by atoms with van der Waals surface area (Å²) in [5.74, 6) is -1.76. The van der Waals surface area contributed by atoms with Gasteiger partial charge in [-0.2, -0.15) is 18.2 Å². The number of fused-ring (bicyclic) bond motifs is 1. The van der Waals surface area contributed by atoms with Crippen molar-refractivity contribution in [3.63, 3.8) is 0 Å². The van der Waals surface area contributed by atoms with Gasteiger partial charge >= 0.3 is 18.1 Å². The third-order valence-electron chi connectivity index (χ3n) is 3.87. The quantitative estimate of drug-likeness (QED) is 0.648. The Balaban J connectivity index is 1.97. The molecule has 0 saturated carbocycles. The first-order chi connectivity index (χ1) is 13.1. The topological polar surface area (TPSA) is 73.3 Å². The maximum Gasteiger partial charge on any atom is 0.471 e. The molecule has 1 amide bonds. The highest BCUT2D eigenvalue weighted by Gasteiger charge is 2.40. The summed E-state index contributed by atoms with van der Waals surface area (Å²) >= 11 is 9.59. The van der Waals surface area contributed by atoms with Crippen molar-refractivity contribution >= 4 is 39.1 Å². The molecule has 6 nitrogen and oxygen atoms in total. The smallest absolute Gasteiger partial charge is 0.471 e. The molecule has 11 heteroatoms. The van der Waals surface area contributed by atoms with Gasteiger partial charge in [0, 0.05) is 18.2 Å². The first-order valence-electron chi connectivity index (χ1n) is 8.14. The number of aromatic nitrogens is 2. The van der Waals surface area contributed by atoms with E-state index in [-0.39, 0.29) is 40.7 Å². The van der Waals surface area contributed by atoms with Crippen LogP contribution in [0.25, 0.3) is 0 Å². The van der Waals surface area contributed by atoms with Gasteiger partial charge in [-0.1, -0.05) is 25.4 Å². The number of rotatable bonds is 4. The first-order valence-corrected chi connectivity index (χ1v) is 9.31. The van der Waals surface area contributed by atoms with Crippen molar-refractivity contribution in [2.45, 2.75) is 32.4 Å². The van der Waals surface area contributed by atoms with E-state index in [9.17, 15) is 18.0 Å². The molecule has 2 aromatic rings. The molecule has 0 aliphatic carbocycles. The van der Waals surface area contributed by atoms with Gasteiger partial charge in [-0.25, -0.2) is 4.98 Å². The monoisotopic (exact) mass is 479 g/mol. The van der Waals surface area contributed by atoms with Crippen molar-refractivity contribution in [1.82, 2.24) is 9.97 Å². The van der Waals surface area contributed by atoms with Gasteiger partial charge in [0.2, 0.25) is 0 Å². The molecular weight excluding hydrogens is 467 g/mol. The van der Waals surface area contributed by atoms with E-state index in [0.29, 0.717) is 12.0 Å². The molecule has 1 aliphatic rings. The van der Waals surface area contributed by atoms with Crippen LogP contribution in [0.2, 0.25) is 5.02 Å². The summed E-state index contributed by atoms with van der Waals surface area (Å²) in [7, 11) is 0. The molecule has 28 heavy (non-hydrogen) atoms. The third kappa shape index (κ3) is 4.17. The average molecular weight is 481 g/mol. The van der Waals surface area contributed by atoms with Crippen molar-refractivity contribution in [2.75, 3.05) is 11.9 Å². The Morgan fingerprint density at radius 1 is 1.43 bits per heavy atom. The highest BCUT2D eigenvalue weighted by molar-refractivity contribution is 9.10. The van der Waals surface area contributed by atoms with E-state index in [0.717, 1.165) is 16.2 Å². The van der Waals surface area contributed by atoms with Gasteiger partial charge in [-0.05, 0) is 27.9 Å². The fourth-order valence-corrected chi connectivity index (χ4v) is 3.53. The molecule has 3 rings (SSSR count). The van der Waals surface area contributed by atoms with Gasteiger partial charge in [0.05, 0.1) is 27.5 Å². The zero-order valence-corrected chi connectivity index (χ0v) is 17.0. The second kappa shape index (κ2) is 7.75. The van der Waals surface area contributed by atoms with E-state index in [1.807, 2.05) is 13.8 Å². The molecule has 1 N–H and O–H groups in total. The van der Waals surface area contributed by atoms with Crippen LogP contribution in [0.15, 0.2) is 16.7 Å². The van der Waals surface area contributed by atoms with Crippen molar-refractivity contribution in [1.29, 1.82) is 0 Å². The Hall–Kier alpha value is -2.07. The Kier molecular flexibility index (Phi) is 5.72. The largest absolute Gasteiger partial charge is 0.491 e. The van der Waals surface area contributed by atoms with Crippen molar-refractivity contribution in [2.24, 2.45) is 0 Å². The molecule has 0 unspecified atom stereocenters. The lowest BCUT2D eigenvalue weighted by Crippen LogP contribution is -2.30.